The molecule has 0 spiro atoms. The van der Waals surface area contributed by atoms with Crippen LogP contribution in [0.5, 0.6) is 0 Å². The fraction of sp³-hybridized carbons (Fsp3) is 0.150. The average molecular weight is 365 g/mol. The van der Waals surface area contributed by atoms with Crippen LogP contribution in [0.1, 0.15) is 27.3 Å². The number of hydrogen-bond acceptors (Lipinski definition) is 3. The molecule has 26 heavy (non-hydrogen) atoms. The quantitative estimate of drug-likeness (QED) is 0.595. The topological polar surface area (TPSA) is 59.3 Å². The minimum Gasteiger partial charge on any atom is -0.346 e. The Hall–Kier alpha value is -2.92. The first-order chi connectivity index (χ1) is 12.5. The number of pyridine rings is 2. The molecular weight excluding hydrogens is 348 g/mol. The molecule has 130 valence electrons. The Balaban J connectivity index is 1.57. The standard InChI is InChI=1S/C20H17ClN4O/c1-12-3-5-18-14(7-12)8-17(13(2)23-18)20(26)22-9-16-11-25-10-15(21)4-6-19(25)24-16/h3-8,10-11H,9H2,1-2H3,(H,22,26). The van der Waals surface area contributed by atoms with E-state index in [2.05, 4.69) is 15.3 Å². The van der Waals surface area contributed by atoms with Crippen LogP contribution >= 0.6 is 11.6 Å². The molecule has 0 fully saturated rings. The van der Waals surface area contributed by atoms with Gasteiger partial charge < -0.3 is 9.72 Å². The Morgan fingerprint density at radius 1 is 1.12 bits per heavy atom. The van der Waals surface area contributed by atoms with Crippen LogP contribution < -0.4 is 5.32 Å². The first kappa shape index (κ1) is 16.5. The summed E-state index contributed by atoms with van der Waals surface area (Å²) in [6, 6.07) is 11.5. The second kappa shape index (κ2) is 6.42. The summed E-state index contributed by atoms with van der Waals surface area (Å²) in [4.78, 5) is 21.6. The minimum absolute atomic E-state index is 0.159. The van der Waals surface area contributed by atoms with E-state index >= 15 is 0 Å². The number of rotatable bonds is 3. The smallest absolute Gasteiger partial charge is 0.253 e. The predicted molar refractivity (Wildman–Crippen MR) is 103 cm³/mol. The number of halogens is 1. The maximum atomic E-state index is 12.6. The van der Waals surface area contributed by atoms with Crippen LogP contribution in [0.4, 0.5) is 0 Å². The highest BCUT2D eigenvalue weighted by Gasteiger charge is 2.12. The SMILES string of the molecule is Cc1ccc2nc(C)c(C(=O)NCc3cn4cc(Cl)ccc4n3)cc2c1. The number of carbonyl (C=O) groups is 1. The molecule has 1 aromatic carbocycles. The largest absolute Gasteiger partial charge is 0.346 e. The zero-order valence-corrected chi connectivity index (χ0v) is 15.2. The molecule has 0 aliphatic heterocycles. The number of aromatic nitrogens is 3. The number of fused-ring (bicyclic) bond motifs is 2. The summed E-state index contributed by atoms with van der Waals surface area (Å²) < 4.78 is 1.84. The summed E-state index contributed by atoms with van der Waals surface area (Å²) in [6.07, 6.45) is 3.64. The maximum Gasteiger partial charge on any atom is 0.253 e. The molecular formula is C20H17ClN4O. The van der Waals surface area contributed by atoms with Crippen molar-refractivity contribution < 1.29 is 4.79 Å². The number of imidazole rings is 1. The lowest BCUT2D eigenvalue weighted by atomic mass is 10.1. The third kappa shape index (κ3) is 3.13. The van der Waals surface area contributed by atoms with Crippen LogP contribution in [0.25, 0.3) is 16.6 Å². The molecule has 0 bridgehead atoms. The van der Waals surface area contributed by atoms with Gasteiger partial charge in [0, 0.05) is 17.8 Å². The van der Waals surface area contributed by atoms with Gasteiger partial charge in [-0.2, -0.15) is 0 Å². The third-order valence-electron chi connectivity index (χ3n) is 4.30. The van der Waals surface area contributed by atoms with Crippen molar-refractivity contribution >= 4 is 34.1 Å². The number of nitrogens with one attached hydrogen (secondary N) is 1. The van der Waals surface area contributed by atoms with Gasteiger partial charge in [0.25, 0.3) is 5.91 Å². The van der Waals surface area contributed by atoms with Gasteiger partial charge in [-0.15, -0.1) is 0 Å². The predicted octanol–water partition coefficient (Wildman–Crippen LogP) is 4.08. The van der Waals surface area contributed by atoms with E-state index in [0.29, 0.717) is 22.8 Å². The van der Waals surface area contributed by atoms with Gasteiger partial charge in [0.2, 0.25) is 0 Å². The zero-order chi connectivity index (χ0) is 18.3. The van der Waals surface area contributed by atoms with E-state index in [4.69, 9.17) is 11.6 Å². The number of hydrogen-bond donors (Lipinski definition) is 1. The minimum atomic E-state index is -0.159. The molecule has 1 amide bonds. The van der Waals surface area contributed by atoms with Gasteiger partial charge in [-0.05, 0) is 44.2 Å². The summed E-state index contributed by atoms with van der Waals surface area (Å²) >= 11 is 5.99. The molecule has 0 saturated carbocycles. The Morgan fingerprint density at radius 2 is 1.96 bits per heavy atom. The van der Waals surface area contributed by atoms with Gasteiger partial charge in [-0.3, -0.25) is 9.78 Å². The fourth-order valence-electron chi connectivity index (χ4n) is 2.99. The summed E-state index contributed by atoms with van der Waals surface area (Å²) in [5, 5.41) is 4.52. The number of aryl methyl sites for hydroxylation is 2. The fourth-order valence-corrected chi connectivity index (χ4v) is 3.16. The number of nitrogens with zero attached hydrogens (tertiary/aromatic N) is 3. The van der Waals surface area contributed by atoms with E-state index < -0.39 is 0 Å². The third-order valence-corrected chi connectivity index (χ3v) is 4.52. The molecule has 0 saturated heterocycles. The van der Waals surface area contributed by atoms with Crippen LogP contribution in [-0.4, -0.2) is 20.3 Å². The van der Waals surface area contributed by atoms with Crippen molar-refractivity contribution in [2.75, 3.05) is 0 Å². The summed E-state index contributed by atoms with van der Waals surface area (Å²) in [5.74, 6) is -0.159. The molecule has 4 aromatic rings. The number of benzene rings is 1. The molecule has 1 N–H and O–H groups in total. The average Bonchev–Trinajstić information content (AvgIpc) is 3.01. The van der Waals surface area contributed by atoms with Gasteiger partial charge >= 0.3 is 0 Å². The molecule has 5 nitrogen and oxygen atoms in total. The van der Waals surface area contributed by atoms with E-state index in [0.717, 1.165) is 27.8 Å². The summed E-state index contributed by atoms with van der Waals surface area (Å²) in [5.41, 5.74) is 4.87. The number of amides is 1. The maximum absolute atomic E-state index is 12.6. The van der Waals surface area contributed by atoms with Gasteiger partial charge in [0.1, 0.15) is 5.65 Å². The van der Waals surface area contributed by atoms with E-state index in [-0.39, 0.29) is 5.91 Å². The van der Waals surface area contributed by atoms with Crippen LogP contribution in [-0.2, 0) is 6.54 Å². The normalized spacial score (nSPS) is 11.2. The van der Waals surface area contributed by atoms with Gasteiger partial charge in [0.05, 0.1) is 34.0 Å². The molecule has 3 aromatic heterocycles. The van der Waals surface area contributed by atoms with Crippen molar-refractivity contribution in [3.8, 4) is 0 Å². The molecule has 0 unspecified atom stereocenters. The van der Waals surface area contributed by atoms with Crippen LogP contribution in [0.2, 0.25) is 5.02 Å². The van der Waals surface area contributed by atoms with Crippen molar-refractivity contribution in [1.29, 1.82) is 0 Å². The molecule has 0 aliphatic rings. The van der Waals surface area contributed by atoms with Crippen LogP contribution in [0.3, 0.4) is 0 Å². The lowest BCUT2D eigenvalue weighted by molar-refractivity contribution is 0.0949. The lowest BCUT2D eigenvalue weighted by Gasteiger charge is -2.08. The molecule has 3 heterocycles. The van der Waals surface area contributed by atoms with Crippen molar-refractivity contribution in [1.82, 2.24) is 19.7 Å². The highest BCUT2D eigenvalue weighted by Crippen LogP contribution is 2.18. The molecule has 4 rings (SSSR count). The Bertz CT molecular complexity index is 1150. The zero-order valence-electron chi connectivity index (χ0n) is 14.5. The van der Waals surface area contributed by atoms with Crippen molar-refractivity contribution in [3.05, 3.63) is 76.3 Å². The monoisotopic (exact) mass is 364 g/mol. The van der Waals surface area contributed by atoms with Crippen molar-refractivity contribution in [2.24, 2.45) is 0 Å². The van der Waals surface area contributed by atoms with Crippen LogP contribution in [0.15, 0.2) is 48.8 Å². The lowest BCUT2D eigenvalue weighted by Crippen LogP contribution is -2.24. The Labute approximate surface area is 155 Å². The summed E-state index contributed by atoms with van der Waals surface area (Å²) in [6.45, 7) is 4.21. The molecule has 0 radical (unpaired) electrons. The van der Waals surface area contributed by atoms with Crippen molar-refractivity contribution in [2.45, 2.75) is 20.4 Å². The van der Waals surface area contributed by atoms with E-state index in [9.17, 15) is 4.79 Å². The van der Waals surface area contributed by atoms with E-state index in [1.165, 1.54) is 0 Å². The van der Waals surface area contributed by atoms with Gasteiger partial charge in [0.15, 0.2) is 0 Å². The van der Waals surface area contributed by atoms with Crippen molar-refractivity contribution in [3.63, 3.8) is 0 Å². The second-order valence-electron chi connectivity index (χ2n) is 6.35. The highest BCUT2D eigenvalue weighted by molar-refractivity contribution is 6.30. The first-order valence-electron chi connectivity index (χ1n) is 8.29. The first-order valence-corrected chi connectivity index (χ1v) is 8.67. The van der Waals surface area contributed by atoms with Gasteiger partial charge in [-0.25, -0.2) is 4.98 Å². The molecule has 0 atom stereocenters. The number of carbonyl (C=O) groups excluding carboxylic acids is 1. The molecule has 0 aliphatic carbocycles. The second-order valence-corrected chi connectivity index (χ2v) is 6.78. The van der Waals surface area contributed by atoms with E-state index in [1.807, 2.05) is 54.8 Å². The summed E-state index contributed by atoms with van der Waals surface area (Å²) in [7, 11) is 0. The van der Waals surface area contributed by atoms with Gasteiger partial charge in [-0.1, -0.05) is 23.2 Å². The highest BCUT2D eigenvalue weighted by atomic mass is 35.5. The Kier molecular flexibility index (Phi) is 4.09. The van der Waals surface area contributed by atoms with E-state index in [1.54, 1.807) is 12.3 Å². The van der Waals surface area contributed by atoms with Crippen LogP contribution in [0, 0.1) is 13.8 Å². The Morgan fingerprint density at radius 3 is 2.81 bits per heavy atom. The molecule has 6 heteroatoms.